The molecule has 5 nitrogen and oxygen atoms in total. The molecule has 0 aliphatic heterocycles. The second-order valence-electron chi connectivity index (χ2n) is 4.64. The van der Waals surface area contributed by atoms with Gasteiger partial charge in [-0.25, -0.2) is 8.42 Å². The van der Waals surface area contributed by atoms with Crippen LogP contribution >= 0.6 is 0 Å². The van der Waals surface area contributed by atoms with Crippen molar-refractivity contribution in [2.45, 2.75) is 39.3 Å². The third-order valence-electron chi connectivity index (χ3n) is 2.62. The standard InChI is InChI=1S/C12H23N3O2S/c1-4-6-13-12(10-18(3,16)17)11-8-14-15(9-11)7-5-2/h8-9,12-13H,4-7,10H2,1-3H3. The van der Waals surface area contributed by atoms with E-state index in [0.29, 0.717) is 0 Å². The molecule has 18 heavy (non-hydrogen) atoms. The largest absolute Gasteiger partial charge is 0.309 e. The lowest BCUT2D eigenvalue weighted by molar-refractivity contribution is 0.547. The molecule has 1 aromatic heterocycles. The topological polar surface area (TPSA) is 64.0 Å². The van der Waals surface area contributed by atoms with E-state index in [-0.39, 0.29) is 11.8 Å². The highest BCUT2D eigenvalue weighted by atomic mass is 32.2. The Morgan fingerprint density at radius 1 is 1.39 bits per heavy atom. The zero-order valence-electron chi connectivity index (χ0n) is 11.4. The minimum absolute atomic E-state index is 0.116. The van der Waals surface area contributed by atoms with Crippen LogP contribution in [0.3, 0.4) is 0 Å². The molecule has 104 valence electrons. The lowest BCUT2D eigenvalue weighted by Gasteiger charge is -2.15. The van der Waals surface area contributed by atoms with E-state index < -0.39 is 9.84 Å². The van der Waals surface area contributed by atoms with E-state index in [1.807, 2.05) is 10.9 Å². The SMILES string of the molecule is CCCNC(CS(C)(=O)=O)c1cnn(CCC)c1. The van der Waals surface area contributed by atoms with E-state index in [1.165, 1.54) is 6.26 Å². The van der Waals surface area contributed by atoms with Crippen molar-refractivity contribution in [3.05, 3.63) is 18.0 Å². The van der Waals surface area contributed by atoms with Crippen molar-refractivity contribution in [3.8, 4) is 0 Å². The summed E-state index contributed by atoms with van der Waals surface area (Å²) in [5, 5.41) is 7.51. The Bertz CT molecular complexity index is 454. The predicted molar refractivity (Wildman–Crippen MR) is 73.3 cm³/mol. The van der Waals surface area contributed by atoms with Crippen molar-refractivity contribution in [2.24, 2.45) is 0 Å². The minimum Gasteiger partial charge on any atom is -0.309 e. The molecule has 0 bridgehead atoms. The molecule has 1 N–H and O–H groups in total. The number of sulfone groups is 1. The van der Waals surface area contributed by atoms with Gasteiger partial charge in [-0.05, 0) is 19.4 Å². The van der Waals surface area contributed by atoms with Gasteiger partial charge in [-0.3, -0.25) is 4.68 Å². The molecule has 0 fully saturated rings. The number of nitrogens with one attached hydrogen (secondary N) is 1. The molecule has 0 saturated carbocycles. The monoisotopic (exact) mass is 273 g/mol. The summed E-state index contributed by atoms with van der Waals surface area (Å²) in [7, 11) is -3.00. The summed E-state index contributed by atoms with van der Waals surface area (Å²) in [6, 6.07) is -0.162. The van der Waals surface area contributed by atoms with Crippen LogP contribution in [0.1, 0.15) is 38.3 Å². The molecule has 1 unspecified atom stereocenters. The maximum Gasteiger partial charge on any atom is 0.149 e. The first-order valence-corrected chi connectivity index (χ1v) is 8.45. The Morgan fingerprint density at radius 3 is 2.67 bits per heavy atom. The van der Waals surface area contributed by atoms with Gasteiger partial charge in [0.15, 0.2) is 0 Å². The van der Waals surface area contributed by atoms with Gasteiger partial charge in [0, 0.05) is 30.6 Å². The first-order valence-electron chi connectivity index (χ1n) is 6.39. The number of hydrogen-bond acceptors (Lipinski definition) is 4. The van der Waals surface area contributed by atoms with Crippen LogP contribution in [0.5, 0.6) is 0 Å². The third-order valence-corrected chi connectivity index (χ3v) is 3.56. The van der Waals surface area contributed by atoms with Crippen molar-refractivity contribution < 1.29 is 8.42 Å². The number of aryl methyl sites for hydroxylation is 1. The first-order chi connectivity index (χ1) is 8.46. The van der Waals surface area contributed by atoms with Gasteiger partial charge >= 0.3 is 0 Å². The average Bonchev–Trinajstić information content (AvgIpc) is 2.72. The van der Waals surface area contributed by atoms with Crippen molar-refractivity contribution in [1.82, 2.24) is 15.1 Å². The highest BCUT2D eigenvalue weighted by Crippen LogP contribution is 2.14. The zero-order chi connectivity index (χ0) is 13.6. The number of aromatic nitrogens is 2. The lowest BCUT2D eigenvalue weighted by atomic mass is 10.2. The summed E-state index contributed by atoms with van der Waals surface area (Å²) >= 11 is 0. The lowest BCUT2D eigenvalue weighted by Crippen LogP contribution is -2.28. The molecular formula is C12H23N3O2S. The molecule has 0 radical (unpaired) electrons. The number of rotatable bonds is 8. The van der Waals surface area contributed by atoms with Crippen LogP contribution in [0.25, 0.3) is 0 Å². The molecule has 1 heterocycles. The second-order valence-corrected chi connectivity index (χ2v) is 6.82. The van der Waals surface area contributed by atoms with E-state index in [2.05, 4.69) is 24.3 Å². The van der Waals surface area contributed by atoms with Gasteiger partial charge in [0.2, 0.25) is 0 Å². The Morgan fingerprint density at radius 2 is 2.11 bits per heavy atom. The summed E-state index contributed by atoms with van der Waals surface area (Å²) in [5.74, 6) is 0.116. The maximum absolute atomic E-state index is 11.4. The summed E-state index contributed by atoms with van der Waals surface area (Å²) < 4.78 is 24.7. The molecule has 6 heteroatoms. The zero-order valence-corrected chi connectivity index (χ0v) is 12.2. The van der Waals surface area contributed by atoms with E-state index in [9.17, 15) is 8.42 Å². The fraction of sp³-hybridized carbons (Fsp3) is 0.750. The van der Waals surface area contributed by atoms with Gasteiger partial charge in [0.05, 0.1) is 11.9 Å². The van der Waals surface area contributed by atoms with E-state index in [4.69, 9.17) is 0 Å². The Balaban J connectivity index is 2.79. The van der Waals surface area contributed by atoms with Crippen molar-refractivity contribution in [3.63, 3.8) is 0 Å². The molecule has 0 amide bonds. The van der Waals surface area contributed by atoms with Gasteiger partial charge in [-0.1, -0.05) is 13.8 Å². The van der Waals surface area contributed by atoms with Crippen molar-refractivity contribution in [2.75, 3.05) is 18.6 Å². The number of nitrogens with zero attached hydrogens (tertiary/aromatic N) is 2. The molecule has 1 aromatic rings. The predicted octanol–water partition coefficient (Wildman–Crippen LogP) is 1.38. The van der Waals surface area contributed by atoms with Crippen LogP contribution in [0.4, 0.5) is 0 Å². The Hall–Kier alpha value is -0.880. The van der Waals surface area contributed by atoms with Crippen LogP contribution in [-0.4, -0.2) is 36.8 Å². The molecule has 1 atom stereocenters. The maximum atomic E-state index is 11.4. The number of hydrogen-bond donors (Lipinski definition) is 1. The summed E-state index contributed by atoms with van der Waals surface area (Å²) in [4.78, 5) is 0. The van der Waals surface area contributed by atoms with Gasteiger partial charge in [0.1, 0.15) is 9.84 Å². The minimum atomic E-state index is -3.00. The first kappa shape index (κ1) is 15.2. The second kappa shape index (κ2) is 6.89. The average molecular weight is 273 g/mol. The molecule has 0 spiro atoms. The highest BCUT2D eigenvalue weighted by Gasteiger charge is 2.18. The molecule has 0 aliphatic rings. The quantitative estimate of drug-likeness (QED) is 0.777. The summed E-state index contributed by atoms with van der Waals surface area (Å²) in [5.41, 5.74) is 0.947. The smallest absolute Gasteiger partial charge is 0.149 e. The third kappa shape index (κ3) is 5.18. The van der Waals surface area contributed by atoms with Gasteiger partial charge in [-0.15, -0.1) is 0 Å². The normalized spacial score (nSPS) is 13.7. The fourth-order valence-corrected chi connectivity index (χ4v) is 2.72. The molecule has 0 aromatic carbocycles. The Kier molecular flexibility index (Phi) is 5.81. The van der Waals surface area contributed by atoms with E-state index in [1.54, 1.807) is 6.20 Å². The highest BCUT2D eigenvalue weighted by molar-refractivity contribution is 7.90. The summed E-state index contributed by atoms with van der Waals surface area (Å²) in [6.07, 6.45) is 6.95. The van der Waals surface area contributed by atoms with Crippen LogP contribution in [0.15, 0.2) is 12.4 Å². The van der Waals surface area contributed by atoms with Crippen LogP contribution in [0.2, 0.25) is 0 Å². The van der Waals surface area contributed by atoms with E-state index in [0.717, 1.165) is 31.5 Å². The molecule has 0 aliphatic carbocycles. The fourth-order valence-electron chi connectivity index (χ4n) is 1.81. The van der Waals surface area contributed by atoms with Gasteiger partial charge in [-0.2, -0.15) is 5.10 Å². The van der Waals surface area contributed by atoms with Gasteiger partial charge in [0.25, 0.3) is 0 Å². The molecular weight excluding hydrogens is 250 g/mol. The van der Waals surface area contributed by atoms with Crippen molar-refractivity contribution >= 4 is 9.84 Å². The van der Waals surface area contributed by atoms with Crippen LogP contribution in [0, 0.1) is 0 Å². The molecule has 0 saturated heterocycles. The molecule has 1 rings (SSSR count). The summed E-state index contributed by atoms with van der Waals surface area (Å²) in [6.45, 7) is 5.81. The van der Waals surface area contributed by atoms with Crippen LogP contribution in [-0.2, 0) is 16.4 Å². The van der Waals surface area contributed by atoms with Gasteiger partial charge < -0.3 is 5.32 Å². The Labute approximate surface area is 109 Å². The van der Waals surface area contributed by atoms with Crippen molar-refractivity contribution in [1.29, 1.82) is 0 Å². The van der Waals surface area contributed by atoms with E-state index >= 15 is 0 Å². The van der Waals surface area contributed by atoms with Crippen LogP contribution < -0.4 is 5.32 Å².